The van der Waals surface area contributed by atoms with Gasteiger partial charge < -0.3 is 20.2 Å². The number of hydrogen-bond donors (Lipinski definition) is 2. The summed E-state index contributed by atoms with van der Waals surface area (Å²) in [5, 5.41) is 12.4. The molecule has 0 aromatic rings. The van der Waals surface area contributed by atoms with E-state index >= 15 is 0 Å². The fourth-order valence-corrected chi connectivity index (χ4v) is 2.76. The average Bonchev–Trinajstić information content (AvgIpc) is 2.83. The van der Waals surface area contributed by atoms with Crippen molar-refractivity contribution in [2.45, 2.75) is 37.5 Å². The van der Waals surface area contributed by atoms with Gasteiger partial charge in [0.15, 0.2) is 0 Å². The lowest BCUT2D eigenvalue weighted by Gasteiger charge is -2.28. The number of likely N-dealkylation sites (tertiary alicyclic amines) is 1. The number of aliphatic hydroxyl groups is 1. The predicted octanol–water partition coefficient (Wildman–Crippen LogP) is -1.21. The van der Waals surface area contributed by atoms with Crippen LogP contribution in [-0.2, 0) is 9.59 Å². The maximum absolute atomic E-state index is 12.3. The minimum absolute atomic E-state index is 0.0417. The maximum Gasteiger partial charge on any atom is 0.245 e. The molecule has 6 heteroatoms. The zero-order valence-electron chi connectivity index (χ0n) is 10.9. The molecule has 0 aliphatic carbocycles. The summed E-state index contributed by atoms with van der Waals surface area (Å²) in [5.74, 6) is -0.110. The van der Waals surface area contributed by atoms with Gasteiger partial charge in [-0.2, -0.15) is 0 Å². The first-order valence-corrected chi connectivity index (χ1v) is 6.40. The third-order valence-electron chi connectivity index (χ3n) is 3.54. The molecule has 0 saturated carbocycles. The van der Waals surface area contributed by atoms with Crippen LogP contribution in [0.1, 0.15) is 19.3 Å². The Balaban J connectivity index is 2.01. The van der Waals surface area contributed by atoms with Crippen LogP contribution in [0.2, 0.25) is 0 Å². The van der Waals surface area contributed by atoms with E-state index < -0.39 is 12.1 Å². The lowest BCUT2D eigenvalue weighted by molar-refractivity contribution is -0.135. The molecule has 2 unspecified atom stereocenters. The molecule has 2 fully saturated rings. The molecule has 0 aromatic carbocycles. The van der Waals surface area contributed by atoms with E-state index in [4.69, 9.17) is 0 Å². The molecule has 0 radical (unpaired) electrons. The summed E-state index contributed by atoms with van der Waals surface area (Å²) in [7, 11) is 3.90. The first-order chi connectivity index (χ1) is 8.47. The largest absolute Gasteiger partial charge is 0.391 e. The first-order valence-electron chi connectivity index (χ1n) is 6.40. The quantitative estimate of drug-likeness (QED) is 0.663. The Morgan fingerprint density at radius 2 is 2.28 bits per heavy atom. The van der Waals surface area contributed by atoms with Crippen molar-refractivity contribution in [2.75, 3.05) is 27.2 Å². The van der Waals surface area contributed by atoms with E-state index in [1.807, 2.05) is 19.0 Å². The SMILES string of the molecule is CN(C)CC1CC(O)CN1C(=O)[C@H]1CCC(=O)N1. The summed E-state index contributed by atoms with van der Waals surface area (Å²) in [6.45, 7) is 1.12. The van der Waals surface area contributed by atoms with Gasteiger partial charge in [-0.3, -0.25) is 9.59 Å². The maximum atomic E-state index is 12.3. The lowest BCUT2D eigenvalue weighted by Crippen LogP contribution is -2.49. The van der Waals surface area contributed by atoms with Crippen LogP contribution in [0.15, 0.2) is 0 Å². The molecule has 2 amide bonds. The average molecular weight is 255 g/mol. The highest BCUT2D eigenvalue weighted by molar-refractivity contribution is 5.91. The number of carbonyl (C=O) groups is 2. The Morgan fingerprint density at radius 3 is 2.83 bits per heavy atom. The smallest absolute Gasteiger partial charge is 0.245 e. The van der Waals surface area contributed by atoms with E-state index in [9.17, 15) is 14.7 Å². The van der Waals surface area contributed by atoms with E-state index in [1.54, 1.807) is 4.90 Å². The Morgan fingerprint density at radius 1 is 1.56 bits per heavy atom. The summed E-state index contributed by atoms with van der Waals surface area (Å²) in [5.41, 5.74) is 0. The Kier molecular flexibility index (Phi) is 3.87. The van der Waals surface area contributed by atoms with Crippen LogP contribution in [0.25, 0.3) is 0 Å². The number of aliphatic hydroxyl groups excluding tert-OH is 1. The standard InChI is InChI=1S/C12H21N3O3/c1-14(2)6-8-5-9(16)7-15(8)12(18)10-3-4-11(17)13-10/h8-10,16H,3-7H2,1-2H3,(H,13,17)/t8?,9?,10-/m1/s1. The molecule has 0 bridgehead atoms. The Bertz CT molecular complexity index is 345. The summed E-state index contributed by atoms with van der Waals surface area (Å²) < 4.78 is 0. The Hall–Kier alpha value is -1.14. The van der Waals surface area contributed by atoms with Gasteiger partial charge in [0.25, 0.3) is 0 Å². The second kappa shape index (κ2) is 5.24. The molecular weight excluding hydrogens is 234 g/mol. The van der Waals surface area contributed by atoms with Gasteiger partial charge in [0.1, 0.15) is 6.04 Å². The van der Waals surface area contributed by atoms with Crippen LogP contribution in [0.5, 0.6) is 0 Å². The van der Waals surface area contributed by atoms with Crippen molar-refractivity contribution >= 4 is 11.8 Å². The van der Waals surface area contributed by atoms with E-state index in [-0.39, 0.29) is 17.9 Å². The number of β-amino-alcohol motifs (C(OH)–C–C–N with tert-alkyl or cyclic N) is 1. The predicted molar refractivity (Wildman–Crippen MR) is 65.8 cm³/mol. The third kappa shape index (κ3) is 2.81. The number of nitrogens with zero attached hydrogens (tertiary/aromatic N) is 2. The number of amides is 2. The summed E-state index contributed by atoms with van der Waals surface area (Å²) in [6, 6.07) is -0.354. The van der Waals surface area contributed by atoms with E-state index in [1.165, 1.54) is 0 Å². The van der Waals surface area contributed by atoms with E-state index in [2.05, 4.69) is 5.32 Å². The second-order valence-corrected chi connectivity index (χ2v) is 5.45. The molecule has 0 spiro atoms. The fourth-order valence-electron chi connectivity index (χ4n) is 2.76. The number of likely N-dealkylation sites (N-methyl/N-ethyl adjacent to an activating group) is 1. The second-order valence-electron chi connectivity index (χ2n) is 5.45. The molecule has 2 saturated heterocycles. The topological polar surface area (TPSA) is 72.9 Å². The van der Waals surface area contributed by atoms with Gasteiger partial charge in [-0.25, -0.2) is 0 Å². The number of hydrogen-bond acceptors (Lipinski definition) is 4. The third-order valence-corrected chi connectivity index (χ3v) is 3.54. The first kappa shape index (κ1) is 13.3. The highest BCUT2D eigenvalue weighted by atomic mass is 16.3. The molecule has 2 rings (SSSR count). The van der Waals surface area contributed by atoms with Crippen molar-refractivity contribution in [3.63, 3.8) is 0 Å². The molecule has 0 aromatic heterocycles. The molecular formula is C12H21N3O3. The van der Waals surface area contributed by atoms with Crippen molar-refractivity contribution in [3.8, 4) is 0 Å². The van der Waals surface area contributed by atoms with Crippen LogP contribution in [0.3, 0.4) is 0 Å². The highest BCUT2D eigenvalue weighted by Gasteiger charge is 2.39. The normalized spacial score (nSPS) is 32.1. The number of nitrogens with one attached hydrogen (secondary N) is 1. The van der Waals surface area contributed by atoms with Crippen molar-refractivity contribution in [1.82, 2.24) is 15.1 Å². The minimum Gasteiger partial charge on any atom is -0.391 e. The molecule has 3 atom stereocenters. The zero-order chi connectivity index (χ0) is 13.3. The molecule has 2 N–H and O–H groups in total. The molecule has 2 aliphatic rings. The van der Waals surface area contributed by atoms with E-state index in [0.29, 0.717) is 25.8 Å². The van der Waals surface area contributed by atoms with Crippen LogP contribution in [0.4, 0.5) is 0 Å². The van der Waals surface area contributed by atoms with Gasteiger partial charge >= 0.3 is 0 Å². The van der Waals surface area contributed by atoms with Gasteiger partial charge in [-0.1, -0.05) is 0 Å². The molecule has 6 nitrogen and oxygen atoms in total. The zero-order valence-corrected chi connectivity index (χ0v) is 10.9. The molecule has 2 heterocycles. The summed E-state index contributed by atoms with van der Waals surface area (Å²) >= 11 is 0. The van der Waals surface area contributed by atoms with Crippen LogP contribution < -0.4 is 5.32 Å². The van der Waals surface area contributed by atoms with Crippen molar-refractivity contribution in [1.29, 1.82) is 0 Å². The molecule has 102 valence electrons. The monoisotopic (exact) mass is 255 g/mol. The number of rotatable bonds is 3. The van der Waals surface area contributed by atoms with Crippen LogP contribution >= 0.6 is 0 Å². The highest BCUT2D eigenvalue weighted by Crippen LogP contribution is 2.21. The summed E-state index contributed by atoms with van der Waals surface area (Å²) in [6.07, 6.45) is 1.16. The molecule has 18 heavy (non-hydrogen) atoms. The van der Waals surface area contributed by atoms with Gasteiger partial charge in [-0.15, -0.1) is 0 Å². The van der Waals surface area contributed by atoms with Crippen molar-refractivity contribution in [2.24, 2.45) is 0 Å². The van der Waals surface area contributed by atoms with Crippen LogP contribution in [-0.4, -0.2) is 72.1 Å². The summed E-state index contributed by atoms with van der Waals surface area (Å²) in [4.78, 5) is 27.2. The van der Waals surface area contributed by atoms with Gasteiger partial charge in [-0.05, 0) is 26.9 Å². The lowest BCUT2D eigenvalue weighted by atomic mass is 10.1. The fraction of sp³-hybridized carbons (Fsp3) is 0.833. The van der Waals surface area contributed by atoms with Crippen LogP contribution in [0, 0.1) is 0 Å². The van der Waals surface area contributed by atoms with Gasteiger partial charge in [0, 0.05) is 25.6 Å². The van der Waals surface area contributed by atoms with Gasteiger partial charge in [0.2, 0.25) is 11.8 Å². The van der Waals surface area contributed by atoms with Crippen molar-refractivity contribution in [3.05, 3.63) is 0 Å². The Labute approximate surface area is 107 Å². The van der Waals surface area contributed by atoms with Gasteiger partial charge in [0.05, 0.1) is 6.10 Å². The van der Waals surface area contributed by atoms with Crippen molar-refractivity contribution < 1.29 is 14.7 Å². The number of carbonyl (C=O) groups excluding carboxylic acids is 2. The molecule has 2 aliphatic heterocycles. The minimum atomic E-state index is -0.448. The van der Waals surface area contributed by atoms with E-state index in [0.717, 1.165) is 6.54 Å².